The van der Waals surface area contributed by atoms with Gasteiger partial charge in [-0.3, -0.25) is 4.90 Å². The Balaban J connectivity index is 1.83. The molecule has 0 unspecified atom stereocenters. The van der Waals surface area contributed by atoms with Gasteiger partial charge in [0.1, 0.15) is 5.82 Å². The van der Waals surface area contributed by atoms with Gasteiger partial charge >= 0.3 is 0 Å². The fourth-order valence-corrected chi connectivity index (χ4v) is 3.55. The monoisotopic (exact) mass is 241 g/mol. The highest BCUT2D eigenvalue weighted by molar-refractivity contribution is 5.77. The molecule has 3 heterocycles. The Kier molecular flexibility index (Phi) is 2.24. The van der Waals surface area contributed by atoms with Crippen molar-refractivity contribution in [3.63, 3.8) is 0 Å². The standard InChI is InChI=1S/C15H19N3/c1-11-4-5-14-13(9-11)16-15-10-12-3-2-6-17(12)7-8-18(14)15/h4-5,9,12H,2-3,6-8,10H2,1H3/t12-/m0/s1. The van der Waals surface area contributed by atoms with Crippen molar-refractivity contribution in [1.82, 2.24) is 14.5 Å². The van der Waals surface area contributed by atoms with Gasteiger partial charge in [0.25, 0.3) is 0 Å². The second kappa shape index (κ2) is 3.82. The Labute approximate surface area is 107 Å². The van der Waals surface area contributed by atoms with E-state index in [9.17, 15) is 0 Å². The molecule has 0 saturated carbocycles. The minimum Gasteiger partial charge on any atom is -0.327 e. The summed E-state index contributed by atoms with van der Waals surface area (Å²) in [5, 5.41) is 0. The van der Waals surface area contributed by atoms with E-state index in [0.717, 1.165) is 19.0 Å². The van der Waals surface area contributed by atoms with Crippen LogP contribution in [-0.2, 0) is 13.0 Å². The quantitative estimate of drug-likeness (QED) is 0.706. The van der Waals surface area contributed by atoms with Gasteiger partial charge in [-0.1, -0.05) is 6.07 Å². The molecule has 3 nitrogen and oxygen atoms in total. The third-order valence-electron chi connectivity index (χ3n) is 4.51. The summed E-state index contributed by atoms with van der Waals surface area (Å²) >= 11 is 0. The first-order valence-electron chi connectivity index (χ1n) is 7.01. The van der Waals surface area contributed by atoms with E-state index in [-0.39, 0.29) is 0 Å². The van der Waals surface area contributed by atoms with Gasteiger partial charge in [0.15, 0.2) is 0 Å². The summed E-state index contributed by atoms with van der Waals surface area (Å²) in [6.45, 7) is 5.72. The van der Waals surface area contributed by atoms with Gasteiger partial charge in [0.2, 0.25) is 0 Å². The van der Waals surface area contributed by atoms with E-state index in [1.54, 1.807) is 0 Å². The Hall–Kier alpha value is -1.35. The molecule has 0 radical (unpaired) electrons. The fourth-order valence-electron chi connectivity index (χ4n) is 3.55. The molecule has 1 atom stereocenters. The summed E-state index contributed by atoms with van der Waals surface area (Å²) < 4.78 is 2.44. The summed E-state index contributed by atoms with van der Waals surface area (Å²) in [5.74, 6) is 1.30. The Morgan fingerprint density at radius 2 is 2.17 bits per heavy atom. The number of aromatic nitrogens is 2. The molecular formula is C15H19N3. The summed E-state index contributed by atoms with van der Waals surface area (Å²) in [4.78, 5) is 7.52. The number of aryl methyl sites for hydroxylation is 1. The molecule has 0 aliphatic carbocycles. The van der Waals surface area contributed by atoms with Crippen LogP contribution in [0.3, 0.4) is 0 Å². The molecule has 94 valence electrons. The van der Waals surface area contributed by atoms with Crippen molar-refractivity contribution in [2.24, 2.45) is 0 Å². The molecule has 0 amide bonds. The minimum atomic E-state index is 0.740. The number of imidazole rings is 1. The second-order valence-corrected chi connectivity index (χ2v) is 5.71. The first-order valence-corrected chi connectivity index (χ1v) is 7.01. The van der Waals surface area contributed by atoms with E-state index in [1.165, 1.54) is 48.4 Å². The minimum absolute atomic E-state index is 0.740. The lowest BCUT2D eigenvalue weighted by atomic mass is 10.1. The van der Waals surface area contributed by atoms with Crippen LogP contribution in [0, 0.1) is 6.92 Å². The van der Waals surface area contributed by atoms with Gasteiger partial charge in [0, 0.05) is 25.6 Å². The predicted octanol–water partition coefficient (Wildman–Crippen LogP) is 2.37. The van der Waals surface area contributed by atoms with Gasteiger partial charge < -0.3 is 4.57 Å². The smallest absolute Gasteiger partial charge is 0.111 e. The van der Waals surface area contributed by atoms with Gasteiger partial charge in [0.05, 0.1) is 11.0 Å². The predicted molar refractivity (Wildman–Crippen MR) is 72.8 cm³/mol. The van der Waals surface area contributed by atoms with Crippen molar-refractivity contribution in [1.29, 1.82) is 0 Å². The molecule has 1 aromatic carbocycles. The molecule has 1 fully saturated rings. The molecule has 4 rings (SSSR count). The largest absolute Gasteiger partial charge is 0.327 e. The zero-order chi connectivity index (χ0) is 12.1. The normalized spacial score (nSPS) is 23.9. The Morgan fingerprint density at radius 3 is 3.11 bits per heavy atom. The van der Waals surface area contributed by atoms with E-state index in [2.05, 4.69) is 34.6 Å². The van der Waals surface area contributed by atoms with E-state index in [0.29, 0.717) is 0 Å². The summed E-state index contributed by atoms with van der Waals surface area (Å²) in [6.07, 6.45) is 3.85. The lowest BCUT2D eigenvalue weighted by molar-refractivity contribution is 0.258. The van der Waals surface area contributed by atoms with Gasteiger partial charge in [-0.2, -0.15) is 0 Å². The lowest BCUT2D eigenvalue weighted by Gasteiger charge is -2.20. The molecule has 1 aromatic heterocycles. The number of fused-ring (bicyclic) bond motifs is 4. The van der Waals surface area contributed by atoms with Crippen molar-refractivity contribution >= 4 is 11.0 Å². The highest BCUT2D eigenvalue weighted by Gasteiger charge is 2.29. The molecule has 3 heteroatoms. The van der Waals surface area contributed by atoms with Crippen molar-refractivity contribution in [3.05, 3.63) is 29.6 Å². The molecule has 2 aliphatic rings. The molecule has 0 spiro atoms. The van der Waals surface area contributed by atoms with Crippen LogP contribution in [0.1, 0.15) is 24.2 Å². The van der Waals surface area contributed by atoms with E-state index >= 15 is 0 Å². The van der Waals surface area contributed by atoms with Crippen LogP contribution < -0.4 is 0 Å². The van der Waals surface area contributed by atoms with Crippen LogP contribution in [0.2, 0.25) is 0 Å². The number of rotatable bonds is 0. The fraction of sp³-hybridized carbons (Fsp3) is 0.533. The van der Waals surface area contributed by atoms with E-state index < -0.39 is 0 Å². The Bertz CT molecular complexity index is 599. The van der Waals surface area contributed by atoms with Crippen molar-refractivity contribution < 1.29 is 0 Å². The first kappa shape index (κ1) is 10.6. The third kappa shape index (κ3) is 1.50. The zero-order valence-electron chi connectivity index (χ0n) is 10.9. The first-order chi connectivity index (χ1) is 8.81. The second-order valence-electron chi connectivity index (χ2n) is 5.71. The number of hydrogen-bond acceptors (Lipinski definition) is 2. The summed E-state index contributed by atoms with van der Waals surface area (Å²) in [5.41, 5.74) is 3.80. The Morgan fingerprint density at radius 1 is 1.22 bits per heavy atom. The van der Waals surface area contributed by atoms with Gasteiger partial charge in [-0.25, -0.2) is 4.98 Å². The zero-order valence-corrected chi connectivity index (χ0v) is 10.9. The molecule has 1 saturated heterocycles. The van der Waals surface area contributed by atoms with Crippen molar-refractivity contribution in [3.8, 4) is 0 Å². The maximum Gasteiger partial charge on any atom is 0.111 e. The van der Waals surface area contributed by atoms with E-state index in [4.69, 9.17) is 4.98 Å². The highest BCUT2D eigenvalue weighted by atomic mass is 15.2. The molecule has 0 bridgehead atoms. The summed E-state index contributed by atoms with van der Waals surface area (Å²) in [6, 6.07) is 7.38. The maximum absolute atomic E-state index is 4.87. The average molecular weight is 241 g/mol. The number of nitrogens with zero attached hydrogens (tertiary/aromatic N) is 3. The van der Waals surface area contributed by atoms with E-state index in [1.807, 2.05) is 0 Å². The van der Waals surface area contributed by atoms with Crippen LogP contribution in [0.5, 0.6) is 0 Å². The van der Waals surface area contributed by atoms with Crippen LogP contribution >= 0.6 is 0 Å². The van der Waals surface area contributed by atoms with Crippen LogP contribution in [0.15, 0.2) is 18.2 Å². The third-order valence-corrected chi connectivity index (χ3v) is 4.51. The molecule has 0 N–H and O–H groups in total. The SMILES string of the molecule is Cc1ccc2c(c1)nc1n2CCN2CCC[C@H]2C1. The topological polar surface area (TPSA) is 21.1 Å². The number of hydrogen-bond donors (Lipinski definition) is 0. The molecule has 18 heavy (non-hydrogen) atoms. The molecule has 2 aliphatic heterocycles. The van der Waals surface area contributed by atoms with Gasteiger partial charge in [-0.05, 0) is 44.0 Å². The molecule has 2 aromatic rings. The van der Waals surface area contributed by atoms with Crippen LogP contribution in [0.25, 0.3) is 11.0 Å². The van der Waals surface area contributed by atoms with Crippen LogP contribution in [0.4, 0.5) is 0 Å². The van der Waals surface area contributed by atoms with Crippen molar-refractivity contribution in [2.45, 2.75) is 38.8 Å². The average Bonchev–Trinajstić information content (AvgIpc) is 2.88. The van der Waals surface area contributed by atoms with Crippen LogP contribution in [-0.4, -0.2) is 33.6 Å². The van der Waals surface area contributed by atoms with Crippen molar-refractivity contribution in [2.75, 3.05) is 13.1 Å². The van der Waals surface area contributed by atoms with Gasteiger partial charge in [-0.15, -0.1) is 0 Å². The lowest BCUT2D eigenvalue weighted by Crippen LogP contribution is -2.30. The summed E-state index contributed by atoms with van der Waals surface area (Å²) in [7, 11) is 0. The number of benzene rings is 1. The highest BCUT2D eigenvalue weighted by Crippen LogP contribution is 2.27. The maximum atomic E-state index is 4.87. The molecular weight excluding hydrogens is 222 g/mol.